The first kappa shape index (κ1) is 12.9. The zero-order valence-electron chi connectivity index (χ0n) is 8.61. The summed E-state index contributed by atoms with van der Waals surface area (Å²) in [5.41, 5.74) is 0.695. The van der Waals surface area contributed by atoms with E-state index >= 15 is 0 Å². The van der Waals surface area contributed by atoms with E-state index in [0.29, 0.717) is 5.56 Å². The van der Waals surface area contributed by atoms with Crippen molar-refractivity contribution in [1.29, 1.82) is 0 Å². The highest BCUT2D eigenvalue weighted by Gasteiger charge is 2.30. The van der Waals surface area contributed by atoms with E-state index in [9.17, 15) is 13.2 Å². The molecule has 0 spiro atoms. The summed E-state index contributed by atoms with van der Waals surface area (Å²) in [5.74, 6) is 0. The minimum atomic E-state index is -4.25. The minimum Gasteiger partial charge on any atom is -0.395 e. The molecule has 90 valence electrons. The van der Waals surface area contributed by atoms with Gasteiger partial charge in [-0.1, -0.05) is 6.07 Å². The monoisotopic (exact) mass is 234 g/mol. The summed E-state index contributed by atoms with van der Waals surface area (Å²) in [6, 6.07) is 3.37. The van der Waals surface area contributed by atoms with E-state index in [0.717, 1.165) is 4.90 Å². The summed E-state index contributed by atoms with van der Waals surface area (Å²) in [6.45, 7) is -1.19. The molecule has 0 atom stereocenters. The molecule has 0 amide bonds. The summed E-state index contributed by atoms with van der Waals surface area (Å²) in [6.07, 6.45) is -1.18. The van der Waals surface area contributed by atoms with Gasteiger partial charge in [-0.2, -0.15) is 13.2 Å². The molecule has 1 heterocycles. The number of halogens is 3. The number of alkyl halides is 3. The number of aliphatic hydroxyl groups excluding tert-OH is 1. The molecule has 1 aromatic rings. The number of hydrogen-bond acceptors (Lipinski definition) is 3. The Balaban J connectivity index is 2.58. The zero-order valence-corrected chi connectivity index (χ0v) is 8.61. The van der Waals surface area contributed by atoms with E-state index < -0.39 is 12.7 Å². The molecule has 0 aliphatic rings. The highest BCUT2D eigenvalue weighted by Crippen LogP contribution is 2.17. The molecule has 3 nitrogen and oxygen atoms in total. The fourth-order valence-corrected chi connectivity index (χ4v) is 1.36. The zero-order chi connectivity index (χ0) is 12.0. The second-order valence-corrected chi connectivity index (χ2v) is 3.41. The van der Waals surface area contributed by atoms with Gasteiger partial charge >= 0.3 is 6.18 Å². The molecule has 1 rings (SSSR count). The third-order valence-electron chi connectivity index (χ3n) is 1.95. The van der Waals surface area contributed by atoms with Crippen LogP contribution in [0.3, 0.4) is 0 Å². The molecular weight excluding hydrogens is 221 g/mol. The maximum Gasteiger partial charge on any atom is 0.401 e. The van der Waals surface area contributed by atoms with Crippen LogP contribution in [0.2, 0.25) is 0 Å². The van der Waals surface area contributed by atoms with Crippen LogP contribution in [0.15, 0.2) is 24.5 Å². The molecule has 0 aliphatic heterocycles. The Morgan fingerprint density at radius 3 is 2.62 bits per heavy atom. The molecule has 0 radical (unpaired) electrons. The van der Waals surface area contributed by atoms with E-state index in [2.05, 4.69) is 4.98 Å². The number of aromatic nitrogens is 1. The molecule has 0 aromatic carbocycles. The lowest BCUT2D eigenvalue weighted by Gasteiger charge is -2.22. The Morgan fingerprint density at radius 2 is 2.12 bits per heavy atom. The predicted molar refractivity (Wildman–Crippen MR) is 52.7 cm³/mol. The number of nitrogens with zero attached hydrogens (tertiary/aromatic N) is 2. The van der Waals surface area contributed by atoms with Gasteiger partial charge in [-0.3, -0.25) is 9.88 Å². The summed E-state index contributed by atoms with van der Waals surface area (Å²) in [7, 11) is 0. The largest absolute Gasteiger partial charge is 0.401 e. The lowest BCUT2D eigenvalue weighted by molar-refractivity contribution is -0.147. The Morgan fingerprint density at radius 1 is 1.38 bits per heavy atom. The smallest absolute Gasteiger partial charge is 0.395 e. The van der Waals surface area contributed by atoms with Crippen molar-refractivity contribution in [2.45, 2.75) is 12.7 Å². The molecular formula is C10H13F3N2O. The van der Waals surface area contributed by atoms with Crippen LogP contribution in [0.5, 0.6) is 0 Å². The van der Waals surface area contributed by atoms with Gasteiger partial charge in [0.05, 0.1) is 13.2 Å². The Bertz CT molecular complexity index is 303. The molecule has 0 saturated heterocycles. The topological polar surface area (TPSA) is 36.4 Å². The average molecular weight is 234 g/mol. The average Bonchev–Trinajstić information content (AvgIpc) is 2.17. The lowest BCUT2D eigenvalue weighted by Crippen LogP contribution is -2.35. The molecule has 1 N–H and O–H groups in total. The first-order valence-electron chi connectivity index (χ1n) is 4.80. The fraction of sp³-hybridized carbons (Fsp3) is 0.500. The van der Waals surface area contributed by atoms with Gasteiger partial charge in [-0.15, -0.1) is 0 Å². The van der Waals surface area contributed by atoms with Crippen LogP contribution < -0.4 is 0 Å². The van der Waals surface area contributed by atoms with E-state index in [1.165, 1.54) is 6.20 Å². The van der Waals surface area contributed by atoms with Crippen LogP contribution in [0.1, 0.15) is 5.56 Å². The third kappa shape index (κ3) is 5.09. The van der Waals surface area contributed by atoms with E-state index in [1.807, 2.05) is 0 Å². The number of rotatable bonds is 5. The van der Waals surface area contributed by atoms with Crippen molar-refractivity contribution in [3.05, 3.63) is 30.1 Å². The fourth-order valence-electron chi connectivity index (χ4n) is 1.36. The second kappa shape index (κ2) is 5.81. The van der Waals surface area contributed by atoms with Gasteiger partial charge in [0, 0.05) is 25.5 Å². The van der Waals surface area contributed by atoms with Gasteiger partial charge in [0.25, 0.3) is 0 Å². The highest BCUT2D eigenvalue weighted by atomic mass is 19.4. The molecule has 0 fully saturated rings. The molecule has 0 aliphatic carbocycles. The van der Waals surface area contributed by atoms with E-state index in [1.54, 1.807) is 18.3 Å². The van der Waals surface area contributed by atoms with Gasteiger partial charge < -0.3 is 5.11 Å². The minimum absolute atomic E-state index is 0.00555. The first-order chi connectivity index (χ1) is 7.51. The van der Waals surface area contributed by atoms with Gasteiger partial charge in [0.1, 0.15) is 0 Å². The summed E-state index contributed by atoms with van der Waals surface area (Å²) < 4.78 is 36.6. The second-order valence-electron chi connectivity index (χ2n) is 3.41. The summed E-state index contributed by atoms with van der Waals surface area (Å²) >= 11 is 0. The Hall–Kier alpha value is -1.14. The highest BCUT2D eigenvalue weighted by molar-refractivity contribution is 5.08. The normalized spacial score (nSPS) is 12.1. The standard InChI is InChI=1S/C10H13F3N2O/c11-10(12,13)8-15(4-5-16)7-9-2-1-3-14-6-9/h1-3,6,16H,4-5,7-8H2. The molecule has 0 saturated carbocycles. The quantitative estimate of drug-likeness (QED) is 0.837. The van der Waals surface area contributed by atoms with Crippen LogP contribution in [-0.2, 0) is 6.54 Å². The summed E-state index contributed by atoms with van der Waals surface area (Å²) in [4.78, 5) is 4.96. The molecule has 16 heavy (non-hydrogen) atoms. The van der Waals surface area contributed by atoms with Crippen molar-refractivity contribution < 1.29 is 18.3 Å². The van der Waals surface area contributed by atoms with Crippen molar-refractivity contribution in [3.8, 4) is 0 Å². The summed E-state index contributed by atoms with van der Waals surface area (Å²) in [5, 5.41) is 8.69. The Kier molecular flexibility index (Phi) is 4.70. The number of aliphatic hydroxyl groups is 1. The van der Waals surface area contributed by atoms with Gasteiger partial charge in [-0.05, 0) is 11.6 Å². The van der Waals surface area contributed by atoms with Crippen molar-refractivity contribution >= 4 is 0 Å². The van der Waals surface area contributed by atoms with Crippen molar-refractivity contribution in [3.63, 3.8) is 0 Å². The van der Waals surface area contributed by atoms with Gasteiger partial charge in [0.2, 0.25) is 0 Å². The lowest BCUT2D eigenvalue weighted by atomic mass is 10.2. The van der Waals surface area contributed by atoms with E-state index in [4.69, 9.17) is 5.11 Å². The van der Waals surface area contributed by atoms with Crippen LogP contribution in [0.25, 0.3) is 0 Å². The van der Waals surface area contributed by atoms with Gasteiger partial charge in [-0.25, -0.2) is 0 Å². The maximum absolute atomic E-state index is 12.2. The molecule has 1 aromatic heterocycles. The van der Waals surface area contributed by atoms with Gasteiger partial charge in [0.15, 0.2) is 0 Å². The third-order valence-corrected chi connectivity index (χ3v) is 1.95. The van der Waals surface area contributed by atoms with Crippen LogP contribution in [-0.4, -0.2) is 40.9 Å². The molecule has 0 bridgehead atoms. The van der Waals surface area contributed by atoms with Crippen molar-refractivity contribution in [2.75, 3.05) is 19.7 Å². The van der Waals surface area contributed by atoms with Crippen LogP contribution in [0.4, 0.5) is 13.2 Å². The Labute approximate surface area is 91.5 Å². The first-order valence-corrected chi connectivity index (χ1v) is 4.80. The van der Waals surface area contributed by atoms with Crippen LogP contribution in [0, 0.1) is 0 Å². The SMILES string of the molecule is OCCN(Cc1cccnc1)CC(F)(F)F. The van der Waals surface area contributed by atoms with Crippen molar-refractivity contribution in [1.82, 2.24) is 9.88 Å². The van der Waals surface area contributed by atoms with Crippen LogP contribution >= 0.6 is 0 Å². The van der Waals surface area contributed by atoms with E-state index in [-0.39, 0.29) is 19.7 Å². The van der Waals surface area contributed by atoms with Crippen molar-refractivity contribution in [2.24, 2.45) is 0 Å². The number of pyridine rings is 1. The molecule has 0 unspecified atom stereocenters. The predicted octanol–water partition coefficient (Wildman–Crippen LogP) is 1.44. The number of hydrogen-bond donors (Lipinski definition) is 1. The molecule has 6 heteroatoms. The maximum atomic E-state index is 12.2.